The fourth-order valence-corrected chi connectivity index (χ4v) is 3.59. The third kappa shape index (κ3) is 1.18. The summed E-state index contributed by atoms with van der Waals surface area (Å²) in [6, 6.07) is 0. The van der Waals surface area contributed by atoms with Gasteiger partial charge in [0, 0.05) is 11.6 Å². The lowest BCUT2D eigenvalue weighted by atomic mass is 11.0. The second kappa shape index (κ2) is 2.28. The minimum atomic E-state index is -3.02. The van der Waals surface area contributed by atoms with Crippen LogP contribution in [0.1, 0.15) is 12.8 Å². The molecule has 0 spiro atoms. The first kappa shape index (κ1) is 7.24. The lowest BCUT2D eigenvalue weighted by Crippen LogP contribution is -2.05. The van der Waals surface area contributed by atoms with Crippen LogP contribution in [0.4, 0.5) is 0 Å². The minimum absolute atomic E-state index is 0.131. The number of sulfone groups is 1. The van der Waals surface area contributed by atoms with Crippen molar-refractivity contribution in [3.05, 3.63) is 11.6 Å². The van der Waals surface area contributed by atoms with E-state index < -0.39 is 9.84 Å². The van der Waals surface area contributed by atoms with E-state index in [4.69, 9.17) is 0 Å². The Balaban J connectivity index is 2.42. The van der Waals surface area contributed by atoms with Gasteiger partial charge in [-0.25, -0.2) is 13.4 Å². The maximum atomic E-state index is 11.4. The molecule has 0 bridgehead atoms. The summed E-state index contributed by atoms with van der Waals surface area (Å²) in [7, 11) is -3.02. The van der Waals surface area contributed by atoms with Crippen LogP contribution in [0.3, 0.4) is 0 Å². The number of nitrogens with zero attached hydrogens (tertiary/aromatic N) is 1. The molecular formula is C6H7NO2S2. The summed E-state index contributed by atoms with van der Waals surface area (Å²) < 4.78 is 23.1. The Hall–Kier alpha value is -0.420. The molecule has 1 aromatic heterocycles. The Labute approximate surface area is 69.0 Å². The molecule has 0 aromatic carbocycles. The van der Waals surface area contributed by atoms with Crippen LogP contribution in [0, 0.1) is 0 Å². The topological polar surface area (TPSA) is 47.0 Å². The monoisotopic (exact) mass is 189 g/mol. The van der Waals surface area contributed by atoms with Crippen LogP contribution in [0.5, 0.6) is 0 Å². The van der Waals surface area contributed by atoms with Gasteiger partial charge in [-0.05, 0) is 12.8 Å². The van der Waals surface area contributed by atoms with Crippen LogP contribution in [-0.2, 0) is 9.84 Å². The largest absolute Gasteiger partial charge is 0.234 e. The second-order valence-corrected chi connectivity index (χ2v) is 5.84. The van der Waals surface area contributed by atoms with Crippen LogP contribution in [0.2, 0.25) is 0 Å². The van der Waals surface area contributed by atoms with Crippen LogP contribution < -0.4 is 0 Å². The molecule has 0 unspecified atom stereocenters. The van der Waals surface area contributed by atoms with Crippen LogP contribution in [0.25, 0.3) is 0 Å². The zero-order chi connectivity index (χ0) is 7.90. The molecule has 2 rings (SSSR count). The van der Waals surface area contributed by atoms with Crippen LogP contribution >= 0.6 is 11.3 Å². The highest BCUT2D eigenvalue weighted by atomic mass is 32.2. The molecule has 0 N–H and O–H groups in total. The molecular weight excluding hydrogens is 182 g/mol. The first-order valence-corrected chi connectivity index (χ1v) is 5.77. The molecule has 5 heteroatoms. The van der Waals surface area contributed by atoms with Crippen molar-refractivity contribution in [2.75, 3.05) is 0 Å². The first-order valence-electron chi connectivity index (χ1n) is 3.34. The minimum Gasteiger partial charge on any atom is -0.234 e. The van der Waals surface area contributed by atoms with Crippen molar-refractivity contribution >= 4 is 21.2 Å². The van der Waals surface area contributed by atoms with Crippen molar-refractivity contribution in [2.45, 2.75) is 22.4 Å². The molecule has 1 aliphatic carbocycles. The fraction of sp³-hybridized carbons (Fsp3) is 0.500. The van der Waals surface area contributed by atoms with Gasteiger partial charge in [-0.1, -0.05) is 0 Å². The average molecular weight is 189 g/mol. The predicted octanol–water partition coefficient (Wildman–Crippen LogP) is 1.08. The zero-order valence-corrected chi connectivity index (χ0v) is 7.36. The van der Waals surface area contributed by atoms with Crippen molar-refractivity contribution in [1.82, 2.24) is 4.98 Å². The summed E-state index contributed by atoms with van der Waals surface area (Å²) in [5, 5.41) is 1.56. The smallest absolute Gasteiger partial charge is 0.209 e. The van der Waals surface area contributed by atoms with E-state index in [1.54, 1.807) is 5.38 Å². The fourth-order valence-electron chi connectivity index (χ4n) is 0.872. The number of hydrogen-bond acceptors (Lipinski definition) is 4. The summed E-state index contributed by atoms with van der Waals surface area (Å²) in [5.41, 5.74) is 0. The maximum absolute atomic E-state index is 11.4. The van der Waals surface area contributed by atoms with Crippen molar-refractivity contribution in [2.24, 2.45) is 0 Å². The van der Waals surface area contributed by atoms with Gasteiger partial charge in [-0.3, -0.25) is 0 Å². The van der Waals surface area contributed by atoms with Gasteiger partial charge >= 0.3 is 0 Å². The van der Waals surface area contributed by atoms with Gasteiger partial charge in [0.05, 0.1) is 5.25 Å². The van der Waals surface area contributed by atoms with Gasteiger partial charge in [0.1, 0.15) is 0 Å². The summed E-state index contributed by atoms with van der Waals surface area (Å²) in [5.74, 6) is 0. The molecule has 3 nitrogen and oxygen atoms in total. The lowest BCUT2D eigenvalue weighted by Gasteiger charge is -1.93. The summed E-state index contributed by atoms with van der Waals surface area (Å²) in [6.45, 7) is 0. The molecule has 1 heterocycles. The van der Waals surface area contributed by atoms with Gasteiger partial charge in [-0.15, -0.1) is 11.3 Å². The van der Waals surface area contributed by atoms with E-state index in [1.807, 2.05) is 0 Å². The molecule has 11 heavy (non-hydrogen) atoms. The Bertz CT molecular complexity index is 337. The van der Waals surface area contributed by atoms with E-state index in [0.29, 0.717) is 0 Å². The SMILES string of the molecule is O=S(=O)(c1nccs1)C1CC1. The van der Waals surface area contributed by atoms with Crippen molar-refractivity contribution in [1.29, 1.82) is 0 Å². The first-order chi connectivity index (χ1) is 5.21. The Kier molecular flexibility index (Phi) is 1.50. The van der Waals surface area contributed by atoms with Crippen molar-refractivity contribution < 1.29 is 8.42 Å². The summed E-state index contributed by atoms with van der Waals surface area (Å²) >= 11 is 1.20. The number of aromatic nitrogens is 1. The molecule has 1 aromatic rings. The third-order valence-electron chi connectivity index (χ3n) is 1.62. The molecule has 0 aliphatic heterocycles. The maximum Gasteiger partial charge on any atom is 0.209 e. The molecule has 1 aliphatic rings. The highest BCUT2D eigenvalue weighted by molar-refractivity contribution is 7.94. The van der Waals surface area contributed by atoms with Crippen molar-refractivity contribution in [3.63, 3.8) is 0 Å². The van der Waals surface area contributed by atoms with E-state index in [1.165, 1.54) is 17.5 Å². The number of rotatable bonds is 2. The summed E-state index contributed by atoms with van der Waals surface area (Å²) in [6.07, 6.45) is 3.14. The molecule has 0 saturated heterocycles. The lowest BCUT2D eigenvalue weighted by molar-refractivity contribution is 0.594. The Morgan fingerprint density at radius 3 is 2.73 bits per heavy atom. The second-order valence-electron chi connectivity index (χ2n) is 2.54. The zero-order valence-electron chi connectivity index (χ0n) is 5.73. The van der Waals surface area contributed by atoms with E-state index in [0.717, 1.165) is 12.8 Å². The van der Waals surface area contributed by atoms with Crippen LogP contribution in [-0.4, -0.2) is 18.7 Å². The molecule has 1 saturated carbocycles. The molecule has 60 valence electrons. The van der Waals surface area contributed by atoms with E-state index in [2.05, 4.69) is 4.98 Å². The Morgan fingerprint density at radius 2 is 2.27 bits per heavy atom. The molecule has 0 amide bonds. The average Bonchev–Trinajstić information content (AvgIpc) is 2.66. The van der Waals surface area contributed by atoms with Gasteiger partial charge in [0.15, 0.2) is 0 Å². The van der Waals surface area contributed by atoms with Gasteiger partial charge in [0.25, 0.3) is 0 Å². The van der Waals surface area contributed by atoms with E-state index >= 15 is 0 Å². The highest BCUT2D eigenvalue weighted by Crippen LogP contribution is 2.33. The molecule has 1 fully saturated rings. The quantitative estimate of drug-likeness (QED) is 0.699. The normalized spacial score (nSPS) is 18.5. The predicted molar refractivity (Wildman–Crippen MR) is 42.3 cm³/mol. The van der Waals surface area contributed by atoms with E-state index in [9.17, 15) is 8.42 Å². The number of hydrogen-bond donors (Lipinski definition) is 0. The third-order valence-corrected chi connectivity index (χ3v) is 5.11. The summed E-state index contributed by atoms with van der Waals surface area (Å²) in [4.78, 5) is 3.78. The Morgan fingerprint density at radius 1 is 1.55 bits per heavy atom. The van der Waals surface area contributed by atoms with Crippen molar-refractivity contribution in [3.8, 4) is 0 Å². The van der Waals surface area contributed by atoms with Gasteiger partial charge in [0.2, 0.25) is 14.2 Å². The molecule has 0 atom stereocenters. The number of thiazole rings is 1. The van der Waals surface area contributed by atoms with Gasteiger partial charge in [-0.2, -0.15) is 0 Å². The standard InChI is InChI=1S/C6H7NO2S2/c8-11(9,5-1-2-5)6-7-3-4-10-6/h3-5H,1-2H2. The highest BCUT2D eigenvalue weighted by Gasteiger charge is 2.38. The van der Waals surface area contributed by atoms with E-state index in [-0.39, 0.29) is 9.59 Å². The molecule has 0 radical (unpaired) electrons. The van der Waals surface area contributed by atoms with Crippen LogP contribution in [0.15, 0.2) is 15.9 Å². The van der Waals surface area contributed by atoms with Gasteiger partial charge < -0.3 is 0 Å².